The number of H-pyrrole nitrogens is 1. The van der Waals surface area contributed by atoms with Crippen molar-refractivity contribution >= 4 is 22.6 Å². The van der Waals surface area contributed by atoms with E-state index in [2.05, 4.69) is 15.3 Å². The molecular weight excluding hydrogens is 335 g/mol. The van der Waals surface area contributed by atoms with E-state index in [1.807, 2.05) is 12.1 Å². The van der Waals surface area contributed by atoms with Crippen LogP contribution >= 0.6 is 0 Å². The number of benzene rings is 2. The Hall–Kier alpha value is -2.77. The van der Waals surface area contributed by atoms with Crippen molar-refractivity contribution in [2.24, 2.45) is 5.73 Å². The van der Waals surface area contributed by atoms with Crippen LogP contribution in [0.4, 0.5) is 10.1 Å². The Morgan fingerprint density at radius 3 is 2.81 bits per heavy atom. The number of hydrogen-bond donors (Lipinski definition) is 3. The van der Waals surface area contributed by atoms with Crippen molar-refractivity contribution in [1.82, 2.24) is 9.97 Å². The van der Waals surface area contributed by atoms with Crippen molar-refractivity contribution in [3.05, 3.63) is 48.3 Å². The van der Waals surface area contributed by atoms with E-state index in [1.165, 1.54) is 12.1 Å². The number of rotatable bonds is 4. The molecule has 1 aliphatic heterocycles. The van der Waals surface area contributed by atoms with Crippen LogP contribution < -0.4 is 11.1 Å². The van der Waals surface area contributed by atoms with Gasteiger partial charge in [0.25, 0.3) is 5.91 Å². The maximum atomic E-state index is 13.1. The van der Waals surface area contributed by atoms with Gasteiger partial charge in [-0.25, -0.2) is 9.37 Å². The molecule has 0 spiro atoms. The van der Waals surface area contributed by atoms with Crippen LogP contribution in [0.1, 0.15) is 12.8 Å². The van der Waals surface area contributed by atoms with Gasteiger partial charge in [0.15, 0.2) is 0 Å². The average molecular weight is 354 g/mol. The zero-order chi connectivity index (χ0) is 18.1. The molecule has 1 saturated heterocycles. The summed E-state index contributed by atoms with van der Waals surface area (Å²) < 4.78 is 18.7. The lowest BCUT2D eigenvalue weighted by Gasteiger charge is -2.12. The first-order valence-electron chi connectivity index (χ1n) is 8.54. The van der Waals surface area contributed by atoms with Crippen LogP contribution in [-0.4, -0.2) is 34.6 Å². The fraction of sp³-hybridized carbons (Fsp3) is 0.263. The molecule has 7 heteroatoms. The molecule has 1 aromatic heterocycles. The Balaban J connectivity index is 1.52. The highest BCUT2D eigenvalue weighted by atomic mass is 19.1. The summed E-state index contributed by atoms with van der Waals surface area (Å²) in [5.41, 5.74) is 8.59. The SMILES string of the molecule is NC[C@H]1CC[C@@H](C(=O)Nc2ccc3nc(-c4ccc(F)cc4)[nH]c3c2)O1. The van der Waals surface area contributed by atoms with Gasteiger partial charge in [0.05, 0.1) is 17.1 Å². The molecular formula is C19H19FN4O2. The topological polar surface area (TPSA) is 93.0 Å². The van der Waals surface area contributed by atoms with Crippen molar-refractivity contribution in [2.45, 2.75) is 25.0 Å². The number of carbonyl (C=O) groups is 1. The summed E-state index contributed by atoms with van der Waals surface area (Å²) in [7, 11) is 0. The monoisotopic (exact) mass is 354 g/mol. The summed E-state index contributed by atoms with van der Waals surface area (Å²) in [6.07, 6.45) is 0.971. The minimum absolute atomic E-state index is 0.0425. The summed E-state index contributed by atoms with van der Waals surface area (Å²) in [5, 5.41) is 2.88. The van der Waals surface area contributed by atoms with Crippen LogP contribution in [0, 0.1) is 5.82 Å². The molecule has 3 aromatic rings. The smallest absolute Gasteiger partial charge is 0.253 e. The van der Waals surface area contributed by atoms with Crippen LogP contribution in [0.2, 0.25) is 0 Å². The summed E-state index contributed by atoms with van der Waals surface area (Å²) >= 11 is 0. The second kappa shape index (κ2) is 6.86. The molecule has 2 heterocycles. The average Bonchev–Trinajstić information content (AvgIpc) is 3.29. The molecule has 1 fully saturated rings. The summed E-state index contributed by atoms with van der Waals surface area (Å²) in [6, 6.07) is 11.6. The van der Waals surface area contributed by atoms with Gasteiger partial charge in [-0.3, -0.25) is 4.79 Å². The largest absolute Gasteiger partial charge is 0.364 e. The number of aromatic amines is 1. The Morgan fingerprint density at radius 2 is 2.08 bits per heavy atom. The number of hydrogen-bond acceptors (Lipinski definition) is 4. The molecule has 26 heavy (non-hydrogen) atoms. The van der Waals surface area contributed by atoms with Gasteiger partial charge in [-0.2, -0.15) is 0 Å². The van der Waals surface area contributed by atoms with E-state index >= 15 is 0 Å². The van der Waals surface area contributed by atoms with E-state index < -0.39 is 6.10 Å². The van der Waals surface area contributed by atoms with Gasteiger partial charge in [0.2, 0.25) is 0 Å². The zero-order valence-electron chi connectivity index (χ0n) is 14.0. The third kappa shape index (κ3) is 3.31. The van der Waals surface area contributed by atoms with Crippen molar-refractivity contribution in [2.75, 3.05) is 11.9 Å². The maximum Gasteiger partial charge on any atom is 0.253 e. The molecule has 2 aromatic carbocycles. The van der Waals surface area contributed by atoms with Crippen LogP contribution in [0.15, 0.2) is 42.5 Å². The molecule has 4 rings (SSSR count). The number of nitrogens with one attached hydrogen (secondary N) is 2. The minimum Gasteiger partial charge on any atom is -0.364 e. The van der Waals surface area contributed by atoms with Crippen LogP contribution in [-0.2, 0) is 9.53 Å². The van der Waals surface area contributed by atoms with Crippen molar-refractivity contribution < 1.29 is 13.9 Å². The lowest BCUT2D eigenvalue weighted by Crippen LogP contribution is -2.29. The Labute approximate surface area is 149 Å². The Bertz CT molecular complexity index is 938. The molecule has 0 saturated carbocycles. The number of nitrogens with zero attached hydrogens (tertiary/aromatic N) is 1. The maximum absolute atomic E-state index is 13.1. The predicted molar refractivity (Wildman–Crippen MR) is 97.1 cm³/mol. The van der Waals surface area contributed by atoms with Gasteiger partial charge in [0.1, 0.15) is 17.7 Å². The van der Waals surface area contributed by atoms with Crippen molar-refractivity contribution in [3.63, 3.8) is 0 Å². The highest BCUT2D eigenvalue weighted by Crippen LogP contribution is 2.24. The van der Waals surface area contributed by atoms with Gasteiger partial charge >= 0.3 is 0 Å². The van der Waals surface area contributed by atoms with E-state index in [-0.39, 0.29) is 17.8 Å². The lowest BCUT2D eigenvalue weighted by atomic mass is 10.2. The van der Waals surface area contributed by atoms with E-state index in [0.717, 1.165) is 23.0 Å². The fourth-order valence-corrected chi connectivity index (χ4v) is 3.13. The summed E-state index contributed by atoms with van der Waals surface area (Å²) in [6.45, 7) is 0.427. The number of aromatic nitrogens is 2. The quantitative estimate of drug-likeness (QED) is 0.672. The third-order valence-corrected chi connectivity index (χ3v) is 4.53. The number of anilines is 1. The van der Waals surface area contributed by atoms with E-state index in [0.29, 0.717) is 24.5 Å². The first kappa shape index (κ1) is 16.7. The van der Waals surface area contributed by atoms with Gasteiger partial charge in [-0.1, -0.05) is 0 Å². The molecule has 1 aliphatic rings. The Kier molecular flexibility index (Phi) is 4.40. The molecule has 0 aliphatic carbocycles. The molecule has 134 valence electrons. The molecule has 1 amide bonds. The predicted octanol–water partition coefficient (Wildman–Crippen LogP) is 2.81. The zero-order valence-corrected chi connectivity index (χ0v) is 14.0. The normalized spacial score (nSPS) is 19.8. The second-order valence-electron chi connectivity index (χ2n) is 6.37. The van der Waals surface area contributed by atoms with Crippen LogP contribution in [0.25, 0.3) is 22.4 Å². The molecule has 2 atom stereocenters. The second-order valence-corrected chi connectivity index (χ2v) is 6.37. The molecule has 0 bridgehead atoms. The van der Waals surface area contributed by atoms with Gasteiger partial charge in [-0.15, -0.1) is 0 Å². The number of amides is 1. The van der Waals surface area contributed by atoms with E-state index in [1.54, 1.807) is 18.2 Å². The summed E-state index contributed by atoms with van der Waals surface area (Å²) in [4.78, 5) is 20.0. The lowest BCUT2D eigenvalue weighted by molar-refractivity contribution is -0.126. The summed E-state index contributed by atoms with van der Waals surface area (Å²) in [5.74, 6) is 0.188. The molecule has 0 radical (unpaired) electrons. The Morgan fingerprint density at radius 1 is 1.27 bits per heavy atom. The van der Waals surface area contributed by atoms with Gasteiger partial charge < -0.3 is 20.8 Å². The highest BCUT2D eigenvalue weighted by Gasteiger charge is 2.29. The van der Waals surface area contributed by atoms with E-state index in [4.69, 9.17) is 10.5 Å². The van der Waals surface area contributed by atoms with Gasteiger partial charge in [0, 0.05) is 17.8 Å². The van der Waals surface area contributed by atoms with Gasteiger partial charge in [-0.05, 0) is 55.3 Å². The highest BCUT2D eigenvalue weighted by molar-refractivity contribution is 5.96. The van der Waals surface area contributed by atoms with E-state index in [9.17, 15) is 9.18 Å². The standard InChI is InChI=1S/C19H19FN4O2/c20-12-3-1-11(2-4-12)18-23-15-7-5-13(9-16(15)24-18)22-19(25)17-8-6-14(10-21)26-17/h1-5,7,9,14,17H,6,8,10,21H2,(H,22,25)(H,23,24)/t14-,17+/m1/s1. The molecule has 6 nitrogen and oxygen atoms in total. The molecule has 4 N–H and O–H groups in total. The minimum atomic E-state index is -0.462. The number of halogens is 1. The van der Waals surface area contributed by atoms with Crippen molar-refractivity contribution in [1.29, 1.82) is 0 Å². The number of nitrogens with two attached hydrogens (primary N) is 1. The fourth-order valence-electron chi connectivity index (χ4n) is 3.13. The first-order chi connectivity index (χ1) is 12.6. The number of fused-ring (bicyclic) bond motifs is 1. The number of imidazole rings is 1. The van der Waals surface area contributed by atoms with Crippen molar-refractivity contribution in [3.8, 4) is 11.4 Å². The number of carbonyl (C=O) groups excluding carboxylic acids is 1. The molecule has 0 unspecified atom stereocenters. The van der Waals surface area contributed by atoms with Crippen LogP contribution in [0.5, 0.6) is 0 Å². The number of ether oxygens (including phenoxy) is 1. The first-order valence-corrected chi connectivity index (χ1v) is 8.54. The third-order valence-electron chi connectivity index (χ3n) is 4.53. The van der Waals surface area contributed by atoms with Crippen LogP contribution in [0.3, 0.4) is 0 Å².